The Morgan fingerprint density at radius 1 is 1.42 bits per heavy atom. The van der Waals surface area contributed by atoms with E-state index in [1.807, 2.05) is 0 Å². The molecule has 3 N–H and O–H groups in total. The molecule has 5 heteroatoms. The highest BCUT2D eigenvalue weighted by atomic mass is 16.5. The molecule has 0 spiro atoms. The van der Waals surface area contributed by atoms with Gasteiger partial charge in [-0.25, -0.2) is 0 Å². The van der Waals surface area contributed by atoms with Crippen LogP contribution in [0.4, 0.5) is 0 Å². The van der Waals surface area contributed by atoms with Crippen LogP contribution in [0.3, 0.4) is 0 Å². The van der Waals surface area contributed by atoms with Crippen LogP contribution in [0.1, 0.15) is 33.1 Å². The topological polar surface area (TPSA) is 71.0 Å². The van der Waals surface area contributed by atoms with E-state index in [9.17, 15) is 10.2 Å². The smallest absolute Gasteiger partial charge is 0.102 e. The van der Waals surface area contributed by atoms with Gasteiger partial charge in [0, 0.05) is 32.7 Å². The van der Waals surface area contributed by atoms with Crippen molar-refractivity contribution < 1.29 is 19.7 Å². The number of nitrogens with one attached hydrogen (secondary N) is 1. The fourth-order valence-electron chi connectivity index (χ4n) is 2.08. The molecule has 0 aliphatic carbocycles. The van der Waals surface area contributed by atoms with E-state index in [4.69, 9.17) is 9.47 Å². The van der Waals surface area contributed by atoms with Gasteiger partial charge in [-0.3, -0.25) is 0 Å². The molecule has 1 rings (SSSR count). The highest BCUT2D eigenvalue weighted by Crippen LogP contribution is 2.16. The first-order valence-corrected chi connectivity index (χ1v) is 7.28. The zero-order valence-electron chi connectivity index (χ0n) is 12.2. The van der Waals surface area contributed by atoms with Gasteiger partial charge in [0.2, 0.25) is 0 Å². The standard InChI is InChI=1S/C14H29NO4/c1-12(2)4-3-6-18-9-13(16)8-15-10-14(17)5-7-19-11-14/h12-13,15-17H,3-11H2,1-2H3. The highest BCUT2D eigenvalue weighted by Gasteiger charge is 2.31. The molecular formula is C14H29NO4. The lowest BCUT2D eigenvalue weighted by molar-refractivity contribution is 0.0137. The molecule has 1 fully saturated rings. The number of rotatable bonds is 10. The molecule has 5 nitrogen and oxygen atoms in total. The van der Waals surface area contributed by atoms with Gasteiger partial charge in [-0.2, -0.15) is 0 Å². The predicted molar refractivity (Wildman–Crippen MR) is 74.2 cm³/mol. The number of aliphatic hydroxyl groups is 2. The Morgan fingerprint density at radius 3 is 2.84 bits per heavy atom. The molecule has 0 bridgehead atoms. The molecule has 2 atom stereocenters. The van der Waals surface area contributed by atoms with E-state index in [0.717, 1.165) is 12.8 Å². The zero-order chi connectivity index (χ0) is 14.1. The van der Waals surface area contributed by atoms with E-state index in [1.54, 1.807) is 0 Å². The molecule has 114 valence electrons. The first-order chi connectivity index (χ1) is 9.02. The molecule has 19 heavy (non-hydrogen) atoms. The molecule has 1 aliphatic heterocycles. The van der Waals surface area contributed by atoms with Gasteiger partial charge in [0.1, 0.15) is 5.60 Å². The lowest BCUT2D eigenvalue weighted by atomic mass is 10.0. The van der Waals surface area contributed by atoms with Crippen LogP contribution >= 0.6 is 0 Å². The molecule has 0 amide bonds. The number of ether oxygens (including phenoxy) is 2. The lowest BCUT2D eigenvalue weighted by Crippen LogP contribution is -2.44. The van der Waals surface area contributed by atoms with E-state index in [2.05, 4.69) is 19.2 Å². The van der Waals surface area contributed by atoms with E-state index in [1.165, 1.54) is 0 Å². The van der Waals surface area contributed by atoms with Crippen LogP contribution in [-0.2, 0) is 9.47 Å². The number of hydrogen-bond donors (Lipinski definition) is 3. The Kier molecular flexibility index (Phi) is 7.87. The van der Waals surface area contributed by atoms with Crippen molar-refractivity contribution >= 4 is 0 Å². The van der Waals surface area contributed by atoms with Crippen LogP contribution in [-0.4, -0.2) is 61.4 Å². The Bertz CT molecular complexity index is 229. The Balaban J connectivity index is 1.94. The summed E-state index contributed by atoms with van der Waals surface area (Å²) in [4.78, 5) is 0. The van der Waals surface area contributed by atoms with Gasteiger partial charge in [0.05, 0.1) is 19.3 Å². The summed E-state index contributed by atoms with van der Waals surface area (Å²) in [5.74, 6) is 0.699. The minimum Gasteiger partial charge on any atom is -0.389 e. The first kappa shape index (κ1) is 16.9. The maximum atomic E-state index is 10.0. The average molecular weight is 275 g/mol. The van der Waals surface area contributed by atoms with Gasteiger partial charge >= 0.3 is 0 Å². The first-order valence-electron chi connectivity index (χ1n) is 7.28. The van der Waals surface area contributed by atoms with Gasteiger partial charge in [-0.15, -0.1) is 0 Å². The van der Waals surface area contributed by atoms with E-state index in [0.29, 0.717) is 51.9 Å². The monoisotopic (exact) mass is 275 g/mol. The zero-order valence-corrected chi connectivity index (χ0v) is 12.2. The highest BCUT2D eigenvalue weighted by molar-refractivity contribution is 4.85. The molecule has 0 aromatic carbocycles. The summed E-state index contributed by atoms with van der Waals surface area (Å²) in [5, 5.41) is 22.8. The van der Waals surface area contributed by atoms with Crippen molar-refractivity contribution in [2.75, 3.05) is 39.5 Å². The van der Waals surface area contributed by atoms with Crippen molar-refractivity contribution in [3.8, 4) is 0 Å². The molecular weight excluding hydrogens is 246 g/mol. The Hall–Kier alpha value is -0.200. The summed E-state index contributed by atoms with van der Waals surface area (Å²) in [5.41, 5.74) is -0.766. The third-order valence-corrected chi connectivity index (χ3v) is 3.30. The van der Waals surface area contributed by atoms with Crippen molar-refractivity contribution in [3.05, 3.63) is 0 Å². The third-order valence-electron chi connectivity index (χ3n) is 3.30. The summed E-state index contributed by atoms with van der Waals surface area (Å²) < 4.78 is 10.6. The summed E-state index contributed by atoms with van der Waals surface area (Å²) in [7, 11) is 0. The Morgan fingerprint density at radius 2 is 2.21 bits per heavy atom. The molecule has 1 heterocycles. The summed E-state index contributed by atoms with van der Waals surface area (Å²) in [6, 6.07) is 0. The average Bonchev–Trinajstić information content (AvgIpc) is 2.75. The van der Waals surface area contributed by atoms with Crippen molar-refractivity contribution in [3.63, 3.8) is 0 Å². The van der Waals surface area contributed by atoms with Crippen LogP contribution in [0, 0.1) is 5.92 Å². The minimum absolute atomic E-state index is 0.347. The Labute approximate surface area is 116 Å². The SMILES string of the molecule is CC(C)CCCOCC(O)CNCC1(O)CCOC1. The predicted octanol–water partition coefficient (Wildman–Crippen LogP) is 0.541. The number of aliphatic hydroxyl groups excluding tert-OH is 1. The van der Waals surface area contributed by atoms with E-state index >= 15 is 0 Å². The van der Waals surface area contributed by atoms with Gasteiger partial charge in [-0.1, -0.05) is 13.8 Å². The largest absolute Gasteiger partial charge is 0.389 e. The molecule has 1 saturated heterocycles. The van der Waals surface area contributed by atoms with Crippen LogP contribution in [0.25, 0.3) is 0 Å². The van der Waals surface area contributed by atoms with Crippen molar-refractivity contribution in [2.45, 2.75) is 44.8 Å². The van der Waals surface area contributed by atoms with Gasteiger partial charge in [-0.05, 0) is 18.8 Å². The van der Waals surface area contributed by atoms with Crippen molar-refractivity contribution in [1.82, 2.24) is 5.32 Å². The van der Waals surface area contributed by atoms with E-state index in [-0.39, 0.29) is 0 Å². The maximum absolute atomic E-state index is 10.0. The summed E-state index contributed by atoms with van der Waals surface area (Å²) in [6.45, 7) is 7.31. The quantitative estimate of drug-likeness (QED) is 0.508. The maximum Gasteiger partial charge on any atom is 0.102 e. The fourth-order valence-corrected chi connectivity index (χ4v) is 2.08. The molecule has 0 aromatic rings. The van der Waals surface area contributed by atoms with Gasteiger partial charge in [0.25, 0.3) is 0 Å². The van der Waals surface area contributed by atoms with Crippen molar-refractivity contribution in [2.24, 2.45) is 5.92 Å². The molecule has 0 aromatic heterocycles. The van der Waals surface area contributed by atoms with Crippen molar-refractivity contribution in [1.29, 1.82) is 0 Å². The van der Waals surface area contributed by atoms with Crippen LogP contribution in [0.2, 0.25) is 0 Å². The van der Waals surface area contributed by atoms with Gasteiger partial charge in [0.15, 0.2) is 0 Å². The molecule has 1 aliphatic rings. The van der Waals surface area contributed by atoms with Gasteiger partial charge < -0.3 is 25.0 Å². The molecule has 0 radical (unpaired) electrons. The molecule has 2 unspecified atom stereocenters. The van der Waals surface area contributed by atoms with E-state index < -0.39 is 11.7 Å². The number of hydrogen-bond acceptors (Lipinski definition) is 5. The second-order valence-electron chi connectivity index (χ2n) is 5.92. The normalized spacial score (nSPS) is 25.1. The van der Waals surface area contributed by atoms with Crippen LogP contribution in [0.15, 0.2) is 0 Å². The summed E-state index contributed by atoms with van der Waals surface area (Å²) in [6.07, 6.45) is 2.32. The third kappa shape index (κ3) is 7.84. The van der Waals surface area contributed by atoms with Crippen LogP contribution < -0.4 is 5.32 Å². The second kappa shape index (κ2) is 8.87. The second-order valence-corrected chi connectivity index (χ2v) is 5.92. The fraction of sp³-hybridized carbons (Fsp3) is 1.00. The lowest BCUT2D eigenvalue weighted by Gasteiger charge is -2.21. The summed E-state index contributed by atoms with van der Waals surface area (Å²) >= 11 is 0. The minimum atomic E-state index is -0.766. The van der Waals surface area contributed by atoms with Crippen LogP contribution in [0.5, 0.6) is 0 Å². The molecule has 0 saturated carbocycles.